The highest BCUT2D eigenvalue weighted by Crippen LogP contribution is 2.34. The zero-order chi connectivity index (χ0) is 23.5. The number of fused-ring (bicyclic) bond motifs is 1. The van der Waals surface area contributed by atoms with Crippen LogP contribution in [-0.4, -0.2) is 39.2 Å². The zero-order valence-electron chi connectivity index (χ0n) is 18.1. The number of rotatable bonds is 8. The molecule has 33 heavy (non-hydrogen) atoms. The molecule has 0 amide bonds. The summed E-state index contributed by atoms with van der Waals surface area (Å²) in [7, 11) is 0. The summed E-state index contributed by atoms with van der Waals surface area (Å²) in [6.45, 7) is 5.27. The first-order valence-electron chi connectivity index (χ1n) is 10.0. The van der Waals surface area contributed by atoms with Crippen LogP contribution >= 0.6 is 0 Å². The Kier molecular flexibility index (Phi) is 6.07. The van der Waals surface area contributed by atoms with Crippen LogP contribution in [0.15, 0.2) is 40.8 Å². The number of nitrogens with zero attached hydrogens (tertiary/aromatic N) is 3. The second-order valence-corrected chi connectivity index (χ2v) is 7.10. The van der Waals surface area contributed by atoms with Gasteiger partial charge in [-0.1, -0.05) is 6.07 Å². The minimum Gasteiger partial charge on any atom is -0.481 e. The molecule has 0 unspecified atom stereocenters. The van der Waals surface area contributed by atoms with Gasteiger partial charge in [0.1, 0.15) is 17.3 Å². The molecule has 2 aromatic heterocycles. The van der Waals surface area contributed by atoms with E-state index in [1.54, 1.807) is 39.0 Å². The summed E-state index contributed by atoms with van der Waals surface area (Å²) in [5, 5.41) is 8.87. The number of halogens is 1. The van der Waals surface area contributed by atoms with Gasteiger partial charge in [-0.05, 0) is 56.2 Å². The van der Waals surface area contributed by atoms with E-state index in [0.29, 0.717) is 23.4 Å². The van der Waals surface area contributed by atoms with E-state index in [1.165, 1.54) is 18.2 Å². The number of carbonyl (C=O) groups is 1. The van der Waals surface area contributed by atoms with Crippen LogP contribution in [0.25, 0.3) is 22.7 Å². The van der Waals surface area contributed by atoms with Crippen molar-refractivity contribution in [2.45, 2.75) is 20.8 Å². The van der Waals surface area contributed by atoms with Crippen LogP contribution in [0.5, 0.6) is 23.4 Å². The lowest BCUT2D eigenvalue weighted by molar-refractivity contribution is -0.139. The predicted molar refractivity (Wildman–Crippen MR) is 115 cm³/mol. The summed E-state index contributed by atoms with van der Waals surface area (Å²) in [5.41, 5.74) is 2.52. The molecule has 2 heterocycles. The highest BCUT2D eigenvalue weighted by atomic mass is 19.1. The molecule has 1 N–H and O–H groups in total. The number of hydrogen-bond acceptors (Lipinski definition) is 8. The smallest absolute Gasteiger partial charge is 0.341 e. The van der Waals surface area contributed by atoms with E-state index in [1.807, 2.05) is 0 Å². The van der Waals surface area contributed by atoms with Gasteiger partial charge in [0.05, 0.1) is 6.61 Å². The van der Waals surface area contributed by atoms with Crippen molar-refractivity contribution < 1.29 is 32.9 Å². The van der Waals surface area contributed by atoms with Crippen LogP contribution < -0.4 is 14.2 Å². The molecular formula is C23H20FN3O6. The maximum absolute atomic E-state index is 13.5. The second-order valence-electron chi connectivity index (χ2n) is 7.10. The van der Waals surface area contributed by atoms with E-state index in [0.717, 1.165) is 11.1 Å². The Morgan fingerprint density at radius 1 is 1.09 bits per heavy atom. The Hall–Kier alpha value is -4.21. The number of carboxylic acids is 1. The molecule has 0 fully saturated rings. The van der Waals surface area contributed by atoms with Crippen molar-refractivity contribution in [1.29, 1.82) is 0 Å². The molecule has 2 aromatic carbocycles. The number of ether oxygens (including phenoxy) is 3. The largest absolute Gasteiger partial charge is 0.481 e. The van der Waals surface area contributed by atoms with E-state index < -0.39 is 18.4 Å². The summed E-state index contributed by atoms with van der Waals surface area (Å²) < 4.78 is 35.9. The molecule has 0 saturated carbocycles. The van der Waals surface area contributed by atoms with Gasteiger partial charge in [-0.2, -0.15) is 9.97 Å². The Balaban J connectivity index is 1.72. The zero-order valence-corrected chi connectivity index (χ0v) is 18.1. The van der Waals surface area contributed by atoms with Gasteiger partial charge in [0.2, 0.25) is 5.89 Å². The van der Waals surface area contributed by atoms with Gasteiger partial charge in [0.15, 0.2) is 12.1 Å². The number of aryl methyl sites for hydroxylation is 2. The van der Waals surface area contributed by atoms with Crippen molar-refractivity contribution in [1.82, 2.24) is 15.0 Å². The van der Waals surface area contributed by atoms with Crippen LogP contribution in [0.2, 0.25) is 0 Å². The van der Waals surface area contributed by atoms with E-state index in [9.17, 15) is 9.18 Å². The third kappa shape index (κ3) is 4.84. The molecule has 4 rings (SSSR count). The first-order valence-corrected chi connectivity index (χ1v) is 10.0. The van der Waals surface area contributed by atoms with Crippen molar-refractivity contribution in [3.05, 3.63) is 53.3 Å². The van der Waals surface area contributed by atoms with Crippen LogP contribution in [0.3, 0.4) is 0 Å². The van der Waals surface area contributed by atoms with E-state index in [2.05, 4.69) is 15.0 Å². The molecule has 9 nitrogen and oxygen atoms in total. The number of carboxylic acid groups (broad SMARTS) is 1. The minimum absolute atomic E-state index is 0.0796. The molecule has 0 aliphatic heterocycles. The number of hydrogen-bond donors (Lipinski definition) is 1. The van der Waals surface area contributed by atoms with Gasteiger partial charge < -0.3 is 23.7 Å². The fourth-order valence-corrected chi connectivity index (χ4v) is 3.26. The fraction of sp³-hybridized carbons (Fsp3) is 0.217. The number of benzene rings is 2. The summed E-state index contributed by atoms with van der Waals surface area (Å²) in [5.74, 6) is -0.382. The molecule has 0 radical (unpaired) electrons. The molecule has 0 saturated heterocycles. The van der Waals surface area contributed by atoms with Gasteiger partial charge in [-0.25, -0.2) is 14.2 Å². The Morgan fingerprint density at radius 2 is 1.85 bits per heavy atom. The lowest BCUT2D eigenvalue weighted by atomic mass is 10.1. The van der Waals surface area contributed by atoms with Crippen LogP contribution in [0, 0.1) is 19.7 Å². The highest BCUT2D eigenvalue weighted by molar-refractivity contribution is 5.78. The SMILES string of the molecule is CCOc1nc(Oc2cccc(F)c2)nc2oc(-c3cc(C)c(OCC(=O)O)c(C)c3)nc12. The standard InChI is InChI=1S/C23H20FN3O6/c1-4-30-21-18-22(27-23(26-21)32-16-7-5-6-15(24)10-16)33-20(25-18)14-8-12(2)19(13(3)9-14)31-11-17(28)29/h5-10H,4,11H2,1-3H3,(H,28,29). The van der Waals surface area contributed by atoms with Crippen molar-refractivity contribution in [3.63, 3.8) is 0 Å². The molecule has 170 valence electrons. The highest BCUT2D eigenvalue weighted by Gasteiger charge is 2.20. The monoisotopic (exact) mass is 453 g/mol. The molecule has 4 aromatic rings. The lowest BCUT2D eigenvalue weighted by Gasteiger charge is -2.11. The number of aromatic nitrogens is 3. The van der Waals surface area contributed by atoms with Crippen LogP contribution in [0.4, 0.5) is 4.39 Å². The summed E-state index contributed by atoms with van der Waals surface area (Å²) >= 11 is 0. The first kappa shape index (κ1) is 22.0. The normalized spacial score (nSPS) is 10.9. The average molecular weight is 453 g/mol. The van der Waals surface area contributed by atoms with Gasteiger partial charge in [-0.15, -0.1) is 0 Å². The van der Waals surface area contributed by atoms with E-state index >= 15 is 0 Å². The van der Waals surface area contributed by atoms with Gasteiger partial charge in [-0.3, -0.25) is 0 Å². The molecule has 0 aliphatic rings. The number of oxazole rings is 1. The molecule has 0 spiro atoms. The molecular weight excluding hydrogens is 433 g/mol. The summed E-state index contributed by atoms with van der Waals surface area (Å²) in [6, 6.07) is 9.05. The van der Waals surface area contributed by atoms with Crippen LogP contribution in [-0.2, 0) is 4.79 Å². The quantitative estimate of drug-likeness (QED) is 0.405. The van der Waals surface area contributed by atoms with Crippen molar-refractivity contribution >= 4 is 17.2 Å². The predicted octanol–water partition coefficient (Wildman–Crippen LogP) is 4.70. The Bertz CT molecular complexity index is 1310. The third-order valence-corrected chi connectivity index (χ3v) is 4.54. The van der Waals surface area contributed by atoms with E-state index in [-0.39, 0.29) is 29.2 Å². The molecule has 0 atom stereocenters. The average Bonchev–Trinajstić information content (AvgIpc) is 3.17. The van der Waals surface area contributed by atoms with Gasteiger partial charge >= 0.3 is 12.0 Å². The van der Waals surface area contributed by atoms with Crippen molar-refractivity contribution in [3.8, 4) is 34.8 Å². The third-order valence-electron chi connectivity index (χ3n) is 4.54. The van der Waals surface area contributed by atoms with Crippen molar-refractivity contribution in [2.24, 2.45) is 0 Å². The van der Waals surface area contributed by atoms with E-state index in [4.69, 9.17) is 23.7 Å². The summed E-state index contributed by atoms with van der Waals surface area (Å²) in [6.07, 6.45) is 0. The lowest BCUT2D eigenvalue weighted by Crippen LogP contribution is -2.10. The van der Waals surface area contributed by atoms with Gasteiger partial charge in [0.25, 0.3) is 11.6 Å². The van der Waals surface area contributed by atoms with Crippen LogP contribution in [0.1, 0.15) is 18.1 Å². The Morgan fingerprint density at radius 3 is 2.52 bits per heavy atom. The second kappa shape index (κ2) is 9.11. The molecule has 0 aliphatic carbocycles. The maximum Gasteiger partial charge on any atom is 0.341 e. The fourth-order valence-electron chi connectivity index (χ4n) is 3.26. The Labute approximate surface area is 187 Å². The molecule has 0 bridgehead atoms. The van der Waals surface area contributed by atoms with Crippen molar-refractivity contribution in [2.75, 3.05) is 13.2 Å². The minimum atomic E-state index is -1.06. The molecule has 10 heteroatoms. The maximum atomic E-state index is 13.5. The van der Waals surface area contributed by atoms with Gasteiger partial charge in [0, 0.05) is 11.6 Å². The summed E-state index contributed by atoms with van der Waals surface area (Å²) in [4.78, 5) is 23.8. The topological polar surface area (TPSA) is 117 Å². The number of aliphatic carboxylic acids is 1. The first-order chi connectivity index (χ1) is 15.8.